The zero-order valence-corrected chi connectivity index (χ0v) is 16.5. The molecule has 0 unspecified atom stereocenters. The molecule has 27 heavy (non-hydrogen) atoms. The number of nitrogens with one attached hydrogen (secondary N) is 1. The van der Waals surface area contributed by atoms with Crippen LogP contribution in [0.25, 0.3) is 0 Å². The van der Waals surface area contributed by atoms with Gasteiger partial charge in [-0.25, -0.2) is 13.1 Å². The molecule has 0 amide bonds. The molecule has 6 nitrogen and oxygen atoms in total. The molecule has 0 aliphatic heterocycles. The van der Waals surface area contributed by atoms with Gasteiger partial charge in [-0.2, -0.15) is 5.10 Å². The number of para-hydroxylation sites is 1. The second-order valence-electron chi connectivity index (χ2n) is 6.35. The van der Waals surface area contributed by atoms with Gasteiger partial charge in [0.25, 0.3) is 0 Å². The number of ether oxygens (including phenoxy) is 1. The molecular weight excluding hydrogens is 362 g/mol. The van der Waals surface area contributed by atoms with Crippen molar-refractivity contribution >= 4 is 10.0 Å². The molecule has 1 aromatic heterocycles. The minimum absolute atomic E-state index is 0.207. The minimum atomic E-state index is -3.63. The number of rotatable bonds is 7. The van der Waals surface area contributed by atoms with Crippen LogP contribution in [0.2, 0.25) is 0 Å². The average molecular weight is 385 g/mol. The highest BCUT2D eigenvalue weighted by molar-refractivity contribution is 7.89. The van der Waals surface area contributed by atoms with E-state index in [1.807, 2.05) is 57.3 Å². The van der Waals surface area contributed by atoms with E-state index in [0.717, 1.165) is 28.3 Å². The number of aryl methyl sites for hydroxylation is 2. The summed E-state index contributed by atoms with van der Waals surface area (Å²) in [5, 5.41) is 4.32. The van der Waals surface area contributed by atoms with Crippen LogP contribution in [0.1, 0.15) is 22.5 Å². The van der Waals surface area contributed by atoms with Crippen molar-refractivity contribution < 1.29 is 13.2 Å². The van der Waals surface area contributed by atoms with Crippen molar-refractivity contribution in [2.24, 2.45) is 7.05 Å². The fraction of sp³-hybridized carbons (Fsp3) is 0.250. The Hall–Kier alpha value is -2.64. The summed E-state index contributed by atoms with van der Waals surface area (Å²) >= 11 is 0. The number of sulfonamides is 1. The summed E-state index contributed by atoms with van der Waals surface area (Å²) in [6.45, 7) is 4.30. The summed E-state index contributed by atoms with van der Waals surface area (Å²) in [5.41, 5.74) is 3.45. The Labute approximate surface area is 159 Å². The van der Waals surface area contributed by atoms with E-state index in [2.05, 4.69) is 9.82 Å². The van der Waals surface area contributed by atoms with Crippen LogP contribution in [0.15, 0.2) is 59.5 Å². The largest absolute Gasteiger partial charge is 0.489 e. The van der Waals surface area contributed by atoms with Gasteiger partial charge in [-0.05, 0) is 43.7 Å². The van der Waals surface area contributed by atoms with Crippen LogP contribution in [0, 0.1) is 13.8 Å². The van der Waals surface area contributed by atoms with Crippen molar-refractivity contribution in [3.63, 3.8) is 0 Å². The molecule has 3 rings (SSSR count). The minimum Gasteiger partial charge on any atom is -0.489 e. The van der Waals surface area contributed by atoms with Gasteiger partial charge in [-0.1, -0.05) is 30.3 Å². The molecule has 1 N–H and O–H groups in total. The summed E-state index contributed by atoms with van der Waals surface area (Å²) in [6, 6.07) is 16.2. The van der Waals surface area contributed by atoms with E-state index in [1.165, 1.54) is 0 Å². The second-order valence-corrected chi connectivity index (χ2v) is 8.11. The van der Waals surface area contributed by atoms with Gasteiger partial charge in [-0.15, -0.1) is 0 Å². The molecule has 0 aliphatic rings. The van der Waals surface area contributed by atoms with Gasteiger partial charge < -0.3 is 4.74 Å². The molecule has 0 bridgehead atoms. The first-order valence-electron chi connectivity index (χ1n) is 8.62. The SMILES string of the molecule is Cc1nn(C)c(C)c1CNS(=O)(=O)c1cccc(COc2ccccc2)c1. The van der Waals surface area contributed by atoms with Crippen LogP contribution in [-0.2, 0) is 30.2 Å². The van der Waals surface area contributed by atoms with Crippen molar-refractivity contribution in [3.8, 4) is 5.75 Å². The topological polar surface area (TPSA) is 73.2 Å². The monoisotopic (exact) mass is 385 g/mol. The normalized spacial score (nSPS) is 11.5. The molecule has 0 aliphatic carbocycles. The fourth-order valence-corrected chi connectivity index (χ4v) is 3.87. The van der Waals surface area contributed by atoms with Crippen LogP contribution in [0.3, 0.4) is 0 Å². The van der Waals surface area contributed by atoms with Gasteiger partial charge in [0.1, 0.15) is 12.4 Å². The van der Waals surface area contributed by atoms with Crippen molar-refractivity contribution in [1.82, 2.24) is 14.5 Å². The standard InChI is InChI=1S/C20H23N3O3S/c1-15-20(16(2)23(3)22-15)13-21-27(24,25)19-11-7-8-17(12-19)14-26-18-9-5-4-6-10-18/h4-12,21H,13-14H2,1-3H3. The third kappa shape index (κ3) is 4.56. The maximum absolute atomic E-state index is 12.7. The first kappa shape index (κ1) is 19.1. The van der Waals surface area contributed by atoms with E-state index >= 15 is 0 Å². The maximum Gasteiger partial charge on any atom is 0.240 e. The maximum atomic E-state index is 12.7. The lowest BCUT2D eigenvalue weighted by Crippen LogP contribution is -2.24. The lowest BCUT2D eigenvalue weighted by molar-refractivity contribution is 0.306. The van der Waals surface area contributed by atoms with Gasteiger partial charge in [0.2, 0.25) is 10.0 Å². The third-order valence-electron chi connectivity index (χ3n) is 4.46. The molecule has 1 heterocycles. The number of hydrogen-bond donors (Lipinski definition) is 1. The van der Waals surface area contributed by atoms with Crippen molar-refractivity contribution in [2.45, 2.75) is 31.9 Å². The molecule has 2 aromatic carbocycles. The highest BCUT2D eigenvalue weighted by atomic mass is 32.2. The first-order valence-corrected chi connectivity index (χ1v) is 10.1. The van der Waals surface area contributed by atoms with Gasteiger partial charge in [-0.3, -0.25) is 4.68 Å². The van der Waals surface area contributed by atoms with E-state index in [4.69, 9.17) is 4.74 Å². The van der Waals surface area contributed by atoms with E-state index in [9.17, 15) is 8.42 Å². The Morgan fingerprint density at radius 3 is 2.48 bits per heavy atom. The summed E-state index contributed by atoms with van der Waals surface area (Å²) < 4.78 is 35.5. The highest BCUT2D eigenvalue weighted by Gasteiger charge is 2.17. The zero-order valence-electron chi connectivity index (χ0n) is 15.6. The van der Waals surface area contributed by atoms with Gasteiger partial charge >= 0.3 is 0 Å². The summed E-state index contributed by atoms with van der Waals surface area (Å²) in [7, 11) is -1.79. The Morgan fingerprint density at radius 2 is 1.81 bits per heavy atom. The summed E-state index contributed by atoms with van der Waals surface area (Å²) in [6.07, 6.45) is 0. The lowest BCUT2D eigenvalue weighted by atomic mass is 10.2. The molecule has 0 saturated carbocycles. The summed E-state index contributed by atoms with van der Waals surface area (Å²) in [5.74, 6) is 0.742. The van der Waals surface area contributed by atoms with E-state index in [0.29, 0.717) is 6.61 Å². The molecule has 0 radical (unpaired) electrons. The van der Waals surface area contributed by atoms with Crippen LogP contribution in [0.5, 0.6) is 5.75 Å². The van der Waals surface area contributed by atoms with E-state index in [-0.39, 0.29) is 11.4 Å². The Bertz CT molecular complexity index is 1030. The Kier molecular flexibility index (Phi) is 5.62. The number of benzene rings is 2. The van der Waals surface area contributed by atoms with Crippen molar-refractivity contribution in [2.75, 3.05) is 0 Å². The lowest BCUT2D eigenvalue weighted by Gasteiger charge is -2.10. The van der Waals surface area contributed by atoms with Crippen molar-refractivity contribution in [3.05, 3.63) is 77.1 Å². The van der Waals surface area contributed by atoms with Crippen molar-refractivity contribution in [1.29, 1.82) is 0 Å². The van der Waals surface area contributed by atoms with Gasteiger partial charge in [0, 0.05) is 24.8 Å². The number of nitrogens with zero attached hydrogens (tertiary/aromatic N) is 2. The van der Waals surface area contributed by atoms with Gasteiger partial charge in [0.15, 0.2) is 0 Å². The molecule has 0 atom stereocenters. The molecule has 3 aromatic rings. The number of hydrogen-bond acceptors (Lipinski definition) is 4. The number of aromatic nitrogens is 2. The third-order valence-corrected chi connectivity index (χ3v) is 5.85. The summed E-state index contributed by atoms with van der Waals surface area (Å²) in [4.78, 5) is 0.218. The Balaban J connectivity index is 1.71. The quantitative estimate of drug-likeness (QED) is 0.678. The predicted molar refractivity (Wildman–Crippen MR) is 104 cm³/mol. The molecule has 0 saturated heterocycles. The average Bonchev–Trinajstić information content (AvgIpc) is 2.91. The fourth-order valence-electron chi connectivity index (χ4n) is 2.81. The van der Waals surface area contributed by atoms with E-state index < -0.39 is 10.0 Å². The Morgan fingerprint density at radius 1 is 1.07 bits per heavy atom. The zero-order chi connectivity index (χ0) is 19.4. The first-order chi connectivity index (χ1) is 12.9. The molecule has 0 fully saturated rings. The predicted octanol–water partition coefficient (Wildman–Crippen LogP) is 3.09. The smallest absolute Gasteiger partial charge is 0.240 e. The molecule has 7 heteroatoms. The van der Waals surface area contributed by atoms with Crippen LogP contribution in [-0.4, -0.2) is 18.2 Å². The van der Waals surface area contributed by atoms with Gasteiger partial charge in [0.05, 0.1) is 10.6 Å². The highest BCUT2D eigenvalue weighted by Crippen LogP contribution is 2.17. The molecular formula is C20H23N3O3S. The van der Waals surface area contributed by atoms with E-state index in [1.54, 1.807) is 22.9 Å². The molecule has 142 valence electrons. The molecule has 0 spiro atoms. The van der Waals surface area contributed by atoms with Crippen LogP contribution >= 0.6 is 0 Å². The van der Waals surface area contributed by atoms with Crippen LogP contribution < -0.4 is 9.46 Å². The second kappa shape index (κ2) is 7.94. The van der Waals surface area contributed by atoms with Crippen LogP contribution in [0.4, 0.5) is 0 Å².